The van der Waals surface area contributed by atoms with Crippen molar-refractivity contribution in [3.63, 3.8) is 0 Å². The first-order chi connectivity index (χ1) is 2.81. The van der Waals surface area contributed by atoms with Crippen molar-refractivity contribution in [1.82, 2.24) is 0 Å². The summed E-state index contributed by atoms with van der Waals surface area (Å²) >= 11 is 0. The number of hydrogen-bond acceptors (Lipinski definition) is 3. The molecule has 0 amide bonds. The first-order valence-corrected chi connectivity index (χ1v) is 1.58. The number of esters is 1. The van der Waals surface area contributed by atoms with E-state index in [0.717, 1.165) is 0 Å². The Morgan fingerprint density at radius 2 is 2.43 bits per heavy atom. The molecule has 38 valence electrons. The molecule has 0 aromatic heterocycles. The van der Waals surface area contributed by atoms with Crippen LogP contribution in [0.15, 0.2) is 0 Å². The van der Waals surface area contributed by atoms with Crippen molar-refractivity contribution < 1.29 is 62.3 Å². The Balaban J connectivity index is -0.000000125. The van der Waals surface area contributed by atoms with Gasteiger partial charge < -0.3 is 11.9 Å². The van der Waals surface area contributed by atoms with Gasteiger partial charge in [0.15, 0.2) is 0 Å². The first-order valence-electron chi connectivity index (χ1n) is 1.58. The molecule has 0 saturated heterocycles. The van der Waals surface area contributed by atoms with Crippen LogP contribution < -0.4 is 57.1 Å². The summed E-state index contributed by atoms with van der Waals surface area (Å²) in [6, 6.07) is 0. The smallest absolute Gasteiger partial charge is 1.00 e. The number of carbonyl (C=O) groups is 1. The molecule has 0 aliphatic carbocycles. The van der Waals surface area contributed by atoms with Gasteiger partial charge in [-0.2, -0.15) is 0 Å². The molecule has 0 radical (unpaired) electrons. The van der Waals surface area contributed by atoms with Crippen LogP contribution in [0.3, 0.4) is 0 Å². The third-order valence-corrected chi connectivity index (χ3v) is 0.394. The minimum atomic E-state index is -0.380. The van der Waals surface area contributed by atoms with Crippen LogP contribution in [-0.4, -0.2) is 19.6 Å². The van der Waals surface area contributed by atoms with E-state index in [1.807, 2.05) is 0 Å². The number of hydrogen-bond donors (Lipinski definition) is 1. The summed E-state index contributed by atoms with van der Waals surface area (Å²) in [6.07, 6.45) is 0. The van der Waals surface area contributed by atoms with Crippen LogP contribution in [-0.2, 0) is 9.53 Å². The van der Waals surface area contributed by atoms with Crippen LogP contribution in [0.4, 0.5) is 0 Å². The van der Waals surface area contributed by atoms with Gasteiger partial charge in [0.2, 0.25) is 0 Å². The van der Waals surface area contributed by atoms with Crippen molar-refractivity contribution in [2.75, 3.05) is 13.7 Å². The van der Waals surface area contributed by atoms with E-state index in [1.54, 1.807) is 0 Å². The van der Waals surface area contributed by atoms with E-state index >= 15 is 0 Å². The minimum Gasteiger partial charge on any atom is -1.00 e. The average Bonchev–Trinajstić information content (AvgIpc) is 1.65. The molecule has 0 aromatic rings. The van der Waals surface area contributed by atoms with Crippen LogP contribution in [0.2, 0.25) is 0 Å². The fourth-order valence-corrected chi connectivity index (χ4v) is 0.0833. The molecule has 0 saturated carbocycles. The molecule has 3 nitrogen and oxygen atoms in total. The second-order valence-electron chi connectivity index (χ2n) is 0.780. The van der Waals surface area contributed by atoms with Gasteiger partial charge in [-0.05, 0) is 0 Å². The number of nitrogens with two attached hydrogens (primary N) is 1. The van der Waals surface area contributed by atoms with E-state index in [9.17, 15) is 4.79 Å². The zero-order valence-corrected chi connectivity index (χ0v) is 7.72. The van der Waals surface area contributed by atoms with Gasteiger partial charge in [0, 0.05) is 0 Å². The molecule has 0 unspecified atom stereocenters. The molecule has 7 heavy (non-hydrogen) atoms. The minimum absolute atomic E-state index is 0. The van der Waals surface area contributed by atoms with Crippen molar-refractivity contribution in [3.8, 4) is 0 Å². The summed E-state index contributed by atoms with van der Waals surface area (Å²) in [7, 11) is 1.30. The van der Waals surface area contributed by atoms with Crippen LogP contribution >= 0.6 is 0 Å². The number of ether oxygens (including phenoxy) is 1. The molecule has 0 rings (SSSR count). The molecule has 4 heteroatoms. The largest absolute Gasteiger partial charge is 1.00 e. The van der Waals surface area contributed by atoms with Crippen LogP contribution in [0.25, 0.3) is 0 Å². The molecule has 0 heterocycles. The summed E-state index contributed by atoms with van der Waals surface area (Å²) in [4.78, 5) is 9.83. The van der Waals surface area contributed by atoms with E-state index in [0.29, 0.717) is 0 Å². The van der Waals surface area contributed by atoms with Crippen molar-refractivity contribution in [1.29, 1.82) is 0 Å². The second kappa shape index (κ2) is 7.07. The molecule has 0 atom stereocenters. The van der Waals surface area contributed by atoms with E-state index in [-0.39, 0.29) is 65.3 Å². The predicted molar refractivity (Wildman–Crippen MR) is 22.2 cm³/mol. The molecule has 0 spiro atoms. The Bertz CT molecular complexity index is 55.2. The predicted octanol–water partition coefficient (Wildman–Crippen LogP) is -3.77. The fraction of sp³-hybridized carbons (Fsp3) is 0.667. The van der Waals surface area contributed by atoms with Crippen molar-refractivity contribution in [2.24, 2.45) is 5.73 Å². The van der Waals surface area contributed by atoms with Crippen LogP contribution in [0.1, 0.15) is 1.43 Å². The SMILES string of the molecule is COC(=O)CN.[H-].[K+]. The Kier molecular flexibility index (Phi) is 11.0. The molecule has 0 fully saturated rings. The van der Waals surface area contributed by atoms with Crippen molar-refractivity contribution in [3.05, 3.63) is 0 Å². The average molecular weight is 129 g/mol. The van der Waals surface area contributed by atoms with Gasteiger partial charge in [-0.15, -0.1) is 0 Å². The Hall–Kier alpha value is 1.07. The Morgan fingerprint density at radius 3 is 2.43 bits per heavy atom. The summed E-state index contributed by atoms with van der Waals surface area (Å²) < 4.78 is 4.14. The van der Waals surface area contributed by atoms with Gasteiger partial charge in [0.1, 0.15) is 0 Å². The molecule has 0 aliphatic heterocycles. The number of rotatable bonds is 1. The number of carbonyl (C=O) groups excluding carboxylic acids is 1. The third kappa shape index (κ3) is 7.07. The van der Waals surface area contributed by atoms with Crippen molar-refractivity contribution in [2.45, 2.75) is 0 Å². The summed E-state index contributed by atoms with van der Waals surface area (Å²) in [5, 5.41) is 0. The van der Waals surface area contributed by atoms with Gasteiger partial charge in [-0.3, -0.25) is 4.79 Å². The summed E-state index contributed by atoms with van der Waals surface area (Å²) in [5.41, 5.74) is 4.81. The van der Waals surface area contributed by atoms with Gasteiger partial charge in [-0.1, -0.05) is 0 Å². The molecule has 0 aromatic carbocycles. The summed E-state index contributed by atoms with van der Waals surface area (Å²) in [6.45, 7) is -0.0312. The fourth-order valence-electron chi connectivity index (χ4n) is 0.0833. The van der Waals surface area contributed by atoms with Gasteiger partial charge >= 0.3 is 57.4 Å². The van der Waals surface area contributed by atoms with Gasteiger partial charge in [0.05, 0.1) is 13.7 Å². The topological polar surface area (TPSA) is 52.3 Å². The zero-order valence-electron chi connectivity index (χ0n) is 5.60. The number of methoxy groups -OCH3 is 1. The zero-order chi connectivity index (χ0) is 4.99. The van der Waals surface area contributed by atoms with Crippen LogP contribution in [0.5, 0.6) is 0 Å². The second-order valence-corrected chi connectivity index (χ2v) is 0.780. The Labute approximate surface area is 86.5 Å². The molecule has 2 N–H and O–H groups in total. The van der Waals surface area contributed by atoms with Crippen molar-refractivity contribution >= 4 is 5.97 Å². The first kappa shape index (κ1) is 10.9. The van der Waals surface area contributed by atoms with E-state index in [2.05, 4.69) is 4.74 Å². The van der Waals surface area contributed by atoms with E-state index in [1.165, 1.54) is 7.11 Å². The van der Waals surface area contributed by atoms with E-state index < -0.39 is 0 Å². The monoisotopic (exact) mass is 129 g/mol. The quantitative estimate of drug-likeness (QED) is 0.292. The molecular weight excluding hydrogens is 121 g/mol. The maximum absolute atomic E-state index is 9.83. The molecule has 0 aliphatic rings. The van der Waals surface area contributed by atoms with Crippen LogP contribution in [0, 0.1) is 0 Å². The van der Waals surface area contributed by atoms with E-state index in [4.69, 9.17) is 5.73 Å². The molecule has 0 bridgehead atoms. The third-order valence-electron chi connectivity index (χ3n) is 0.394. The standard InChI is InChI=1S/C3H7NO2.K.H/c1-6-3(5)2-4;;/h2,4H2,1H3;;/q;+1;-1. The Morgan fingerprint density at radius 1 is 2.00 bits per heavy atom. The summed E-state index contributed by atoms with van der Waals surface area (Å²) in [5.74, 6) is -0.380. The van der Waals surface area contributed by atoms with Gasteiger partial charge in [-0.25, -0.2) is 0 Å². The normalized spacial score (nSPS) is 6.57. The maximum atomic E-state index is 9.83. The maximum Gasteiger partial charge on any atom is 1.00 e. The molecular formula is C3H8KNO2. The van der Waals surface area contributed by atoms with Gasteiger partial charge in [0.25, 0.3) is 0 Å².